The van der Waals surface area contributed by atoms with Crippen molar-refractivity contribution in [2.75, 3.05) is 9.80 Å². The van der Waals surface area contributed by atoms with Crippen molar-refractivity contribution in [3.05, 3.63) is 371 Å². The van der Waals surface area contributed by atoms with E-state index < -0.39 is 5.41 Å². The Labute approximate surface area is 731 Å². The maximum atomic E-state index is 2.81. The van der Waals surface area contributed by atoms with Crippen LogP contribution in [0, 0.1) is 0 Å². The minimum absolute atomic E-state index is 0.0595. The van der Waals surface area contributed by atoms with Gasteiger partial charge in [0.2, 0.25) is 0 Å². The molecular weight excluding hydrogens is 1480 g/mol. The fraction of sp³-hybridized carbons (Fsp3) is 0.244. The van der Waals surface area contributed by atoms with Crippen LogP contribution in [-0.2, 0) is 43.3 Å². The van der Waals surface area contributed by atoms with E-state index in [2.05, 4.69) is 469 Å². The Morgan fingerprint density at radius 1 is 0.236 bits per heavy atom. The third-order valence-electron chi connectivity index (χ3n) is 27.7. The van der Waals surface area contributed by atoms with Crippen molar-refractivity contribution in [3.63, 3.8) is 0 Å². The van der Waals surface area contributed by atoms with Gasteiger partial charge in [0.25, 0.3) is 6.71 Å². The summed E-state index contributed by atoms with van der Waals surface area (Å²) in [5.74, 6) is 0. The number of aromatic nitrogens is 1. The molecular formula is C119H114BN3. The Morgan fingerprint density at radius 3 is 1.02 bits per heavy atom. The number of rotatable bonds is 8. The van der Waals surface area contributed by atoms with Gasteiger partial charge in [-0.15, -0.1) is 0 Å². The molecule has 0 radical (unpaired) electrons. The van der Waals surface area contributed by atoms with Crippen LogP contribution in [0.3, 0.4) is 0 Å². The molecule has 1 spiro atoms. The highest BCUT2D eigenvalue weighted by Gasteiger charge is 2.54. The summed E-state index contributed by atoms with van der Waals surface area (Å²) in [4.78, 5) is 5.58. The molecule has 123 heavy (non-hydrogen) atoms. The van der Waals surface area contributed by atoms with Crippen molar-refractivity contribution >= 4 is 79.0 Å². The molecule has 20 rings (SSSR count). The number of hydrogen-bond acceptors (Lipinski definition) is 2. The number of nitrogens with zero attached hydrogens (tertiary/aromatic N) is 3. The Hall–Kier alpha value is -12.2. The Bertz CT molecular complexity index is 6750. The smallest absolute Gasteiger partial charge is 0.252 e. The van der Waals surface area contributed by atoms with Crippen LogP contribution >= 0.6 is 0 Å². The van der Waals surface area contributed by atoms with E-state index in [1.165, 1.54) is 177 Å². The average Bonchev–Trinajstić information content (AvgIpc) is 1.48. The standard InChI is InChI=1S/C119H114BN3/c1-112(2,3)79-52-43-74(44-53-79)92-66-83(116(13,14)15)67-93(75-45-54-80(55-46-75)113(4,5)6)110(92)122-102-63-51-78(73-33-23-22-24-34-73)65-100(102)120-99-62-60-86(121-101-42-32-28-38-91(101)107-103(121)64-61-90-89-37-27-31-41-98(89)119(108(90)107)96-39-29-25-35-87(96)88-36-26-30-40-97(88)119)72-104(99)123(106-71-85(118(19,20)21)70-105(122)109(106)120)111-94(76-47-56-81(57-48-76)114(7,8)9)68-84(117(16,17)18)69-95(111)77-49-58-82(59-50-77)115(10,11)12/h22-72H,1-21H3. The molecule has 2 aliphatic carbocycles. The molecule has 0 saturated carbocycles. The zero-order valence-corrected chi connectivity index (χ0v) is 75.9. The van der Waals surface area contributed by atoms with Gasteiger partial charge in [-0.1, -0.05) is 388 Å². The second-order valence-corrected chi connectivity index (χ2v) is 42.9. The second-order valence-electron chi connectivity index (χ2n) is 42.9. The Balaban J connectivity index is 0.960. The molecule has 0 saturated heterocycles. The maximum Gasteiger partial charge on any atom is 0.252 e. The Morgan fingerprint density at radius 2 is 0.602 bits per heavy atom. The zero-order valence-electron chi connectivity index (χ0n) is 75.9. The highest BCUT2D eigenvalue weighted by molar-refractivity contribution is 7.00. The van der Waals surface area contributed by atoms with Gasteiger partial charge < -0.3 is 14.4 Å². The topological polar surface area (TPSA) is 11.4 Å². The minimum Gasteiger partial charge on any atom is -0.310 e. The molecule has 0 amide bonds. The van der Waals surface area contributed by atoms with E-state index in [1.54, 1.807) is 0 Å². The normalized spacial score (nSPS) is 14.1. The van der Waals surface area contributed by atoms with Gasteiger partial charge >= 0.3 is 0 Å². The summed E-state index contributed by atoms with van der Waals surface area (Å²) in [5, 5.41) is 2.51. The third kappa shape index (κ3) is 12.7. The molecule has 1 aromatic heterocycles. The average molecular weight is 1600 g/mol. The molecule has 4 aliphatic rings. The van der Waals surface area contributed by atoms with E-state index >= 15 is 0 Å². The zero-order chi connectivity index (χ0) is 85.9. The molecule has 0 bridgehead atoms. The molecule has 15 aromatic carbocycles. The van der Waals surface area contributed by atoms with E-state index in [1.807, 2.05) is 0 Å². The van der Waals surface area contributed by atoms with E-state index in [9.17, 15) is 0 Å². The van der Waals surface area contributed by atoms with Gasteiger partial charge in [0.1, 0.15) is 0 Å². The highest BCUT2D eigenvalue weighted by atomic mass is 15.2. The second kappa shape index (κ2) is 27.9. The van der Waals surface area contributed by atoms with Crippen LogP contribution < -0.4 is 26.2 Å². The summed E-state index contributed by atoms with van der Waals surface area (Å²) in [6.07, 6.45) is 0. The maximum absolute atomic E-state index is 2.81. The minimum atomic E-state index is -0.584. The predicted molar refractivity (Wildman–Crippen MR) is 529 cm³/mol. The summed E-state index contributed by atoms with van der Waals surface area (Å²) in [6.45, 7) is 49.4. The first-order valence-electron chi connectivity index (χ1n) is 44.7. The van der Waals surface area contributed by atoms with E-state index in [0.29, 0.717) is 0 Å². The lowest BCUT2D eigenvalue weighted by Gasteiger charge is -2.47. The van der Waals surface area contributed by atoms with Crippen LogP contribution in [0.5, 0.6) is 0 Å². The molecule has 608 valence electrons. The van der Waals surface area contributed by atoms with Gasteiger partial charge in [0.15, 0.2) is 0 Å². The number of fused-ring (bicyclic) bond motifs is 18. The van der Waals surface area contributed by atoms with E-state index in [-0.39, 0.29) is 44.6 Å². The van der Waals surface area contributed by atoms with Crippen LogP contribution in [0.4, 0.5) is 34.1 Å². The van der Waals surface area contributed by atoms with Gasteiger partial charge in [-0.2, -0.15) is 0 Å². The van der Waals surface area contributed by atoms with Crippen molar-refractivity contribution in [1.29, 1.82) is 0 Å². The first-order valence-corrected chi connectivity index (χ1v) is 44.7. The molecule has 3 nitrogen and oxygen atoms in total. The van der Waals surface area contributed by atoms with Gasteiger partial charge in [0.05, 0.1) is 27.8 Å². The van der Waals surface area contributed by atoms with Crippen molar-refractivity contribution in [1.82, 2.24) is 4.57 Å². The first-order chi connectivity index (χ1) is 58.4. The predicted octanol–water partition coefficient (Wildman–Crippen LogP) is 30.6. The monoisotopic (exact) mass is 1600 g/mol. The van der Waals surface area contributed by atoms with Crippen molar-refractivity contribution in [3.8, 4) is 83.6 Å². The van der Waals surface area contributed by atoms with Crippen LogP contribution in [0.2, 0.25) is 0 Å². The van der Waals surface area contributed by atoms with Crippen LogP contribution in [0.15, 0.2) is 309 Å². The highest BCUT2D eigenvalue weighted by Crippen LogP contribution is 2.66. The molecule has 0 atom stereocenters. The summed E-state index contributed by atoms with van der Waals surface area (Å²) < 4.78 is 2.64. The van der Waals surface area contributed by atoms with Crippen LogP contribution in [0.25, 0.3) is 105 Å². The van der Waals surface area contributed by atoms with Gasteiger partial charge in [-0.25, -0.2) is 0 Å². The summed E-state index contributed by atoms with van der Waals surface area (Å²) in [6, 6.07) is 122. The molecule has 16 aromatic rings. The SMILES string of the molecule is CC(C)(C)c1ccc(-c2cc(C(C)(C)C)cc(-c3ccc(C(C)(C)C)cc3)c2N2c3ccc(-c4ccccc4)cc3B3c4ccc(-n5c6ccccc6c6c7c(ccc65)-c5ccccc5C75c6ccccc6-c6ccccc65)cc4N(c4c(-c5ccc(C(C)(C)C)cc5)cc(C(C)(C)C)cc4-c4ccc(C(C)(C)C)cc4)c4cc(C(C)(C)C)cc2c43)cc1. The molecule has 3 heterocycles. The van der Waals surface area contributed by atoms with E-state index in [0.717, 1.165) is 39.6 Å². The molecule has 0 unspecified atom stereocenters. The van der Waals surface area contributed by atoms with Crippen molar-refractivity contribution in [2.24, 2.45) is 0 Å². The van der Waals surface area contributed by atoms with Crippen LogP contribution in [0.1, 0.15) is 207 Å². The number of benzene rings is 15. The quantitative estimate of drug-likeness (QED) is 0.141. The number of hydrogen-bond donors (Lipinski definition) is 0. The van der Waals surface area contributed by atoms with Crippen molar-refractivity contribution in [2.45, 2.75) is 189 Å². The molecule has 0 fully saturated rings. The molecule has 0 N–H and O–H groups in total. The fourth-order valence-corrected chi connectivity index (χ4v) is 20.9. The lowest BCUT2D eigenvalue weighted by molar-refractivity contribution is 0.589. The fourth-order valence-electron chi connectivity index (χ4n) is 20.9. The first kappa shape index (κ1) is 79.3. The molecule has 2 aliphatic heterocycles. The Kier molecular flexibility index (Phi) is 18.0. The van der Waals surface area contributed by atoms with Crippen LogP contribution in [-0.4, -0.2) is 11.3 Å². The number of para-hydroxylation sites is 1. The lowest BCUT2D eigenvalue weighted by atomic mass is 9.33. The largest absolute Gasteiger partial charge is 0.310 e. The summed E-state index contributed by atoms with van der Waals surface area (Å²) in [7, 11) is 0. The van der Waals surface area contributed by atoms with Gasteiger partial charge in [-0.3, -0.25) is 0 Å². The van der Waals surface area contributed by atoms with Gasteiger partial charge in [-0.05, 0) is 238 Å². The summed E-state index contributed by atoms with van der Waals surface area (Å²) >= 11 is 0. The lowest BCUT2D eigenvalue weighted by Crippen LogP contribution is -2.61. The summed E-state index contributed by atoms with van der Waals surface area (Å²) in [5.41, 5.74) is 43.7. The van der Waals surface area contributed by atoms with E-state index in [4.69, 9.17) is 0 Å². The van der Waals surface area contributed by atoms with Gasteiger partial charge in [0, 0.05) is 61.5 Å². The number of anilines is 6. The van der Waals surface area contributed by atoms with Crippen molar-refractivity contribution < 1.29 is 0 Å². The molecule has 4 heteroatoms. The third-order valence-corrected chi connectivity index (χ3v) is 27.7.